The molecule has 1 fully saturated rings. The molecule has 0 saturated heterocycles. The quantitative estimate of drug-likeness (QED) is 0.853. The molecule has 1 aromatic carbocycles. The Morgan fingerprint density at radius 3 is 2.78 bits per heavy atom. The van der Waals surface area contributed by atoms with Crippen molar-refractivity contribution in [2.75, 3.05) is 18.5 Å². The highest BCUT2D eigenvalue weighted by Gasteiger charge is 2.36. The largest absolute Gasteiger partial charge is 0.355 e. The molecule has 0 unspecified atom stereocenters. The van der Waals surface area contributed by atoms with Crippen LogP contribution in [0.1, 0.15) is 28.8 Å². The molecule has 1 aliphatic carbocycles. The van der Waals surface area contributed by atoms with Gasteiger partial charge < -0.3 is 10.2 Å². The zero-order chi connectivity index (χ0) is 12.7. The molecule has 1 aliphatic heterocycles. The molecule has 1 heterocycles. The van der Waals surface area contributed by atoms with Gasteiger partial charge in [-0.15, -0.1) is 0 Å². The van der Waals surface area contributed by atoms with Crippen LogP contribution >= 0.6 is 0 Å². The summed E-state index contributed by atoms with van der Waals surface area (Å²) < 4.78 is 0. The van der Waals surface area contributed by atoms with Gasteiger partial charge in [0.15, 0.2) is 0 Å². The second-order valence-electron chi connectivity index (χ2n) is 4.94. The zero-order valence-electron chi connectivity index (χ0n) is 10.4. The van der Waals surface area contributed by atoms with Crippen molar-refractivity contribution in [3.05, 3.63) is 29.3 Å². The Labute approximate surface area is 106 Å². The SMILES string of the molecule is CNC(=O)c1ccc2c(c1)CCN2C(=O)C1CC1. The molecule has 1 aromatic rings. The summed E-state index contributed by atoms with van der Waals surface area (Å²) >= 11 is 0. The third-order valence-corrected chi connectivity index (χ3v) is 3.66. The van der Waals surface area contributed by atoms with E-state index in [0.717, 1.165) is 37.1 Å². The van der Waals surface area contributed by atoms with Crippen LogP contribution in [0.4, 0.5) is 5.69 Å². The molecule has 0 bridgehead atoms. The van der Waals surface area contributed by atoms with E-state index in [1.54, 1.807) is 13.1 Å². The second-order valence-corrected chi connectivity index (χ2v) is 4.94. The minimum atomic E-state index is -0.0789. The summed E-state index contributed by atoms with van der Waals surface area (Å²) in [4.78, 5) is 25.5. The van der Waals surface area contributed by atoms with Crippen molar-refractivity contribution in [2.45, 2.75) is 19.3 Å². The minimum Gasteiger partial charge on any atom is -0.355 e. The van der Waals surface area contributed by atoms with E-state index in [2.05, 4.69) is 5.32 Å². The first-order chi connectivity index (χ1) is 8.70. The van der Waals surface area contributed by atoms with Gasteiger partial charge in [0, 0.05) is 30.8 Å². The molecule has 0 aromatic heterocycles. The molecule has 0 radical (unpaired) electrons. The maximum absolute atomic E-state index is 12.1. The van der Waals surface area contributed by atoms with Gasteiger partial charge in [0.05, 0.1) is 0 Å². The maximum Gasteiger partial charge on any atom is 0.251 e. The van der Waals surface area contributed by atoms with Crippen LogP contribution in [-0.4, -0.2) is 25.4 Å². The van der Waals surface area contributed by atoms with Gasteiger partial charge >= 0.3 is 0 Å². The van der Waals surface area contributed by atoms with E-state index >= 15 is 0 Å². The minimum absolute atomic E-state index is 0.0789. The Balaban J connectivity index is 1.88. The summed E-state index contributed by atoms with van der Waals surface area (Å²) in [5.74, 6) is 0.417. The van der Waals surface area contributed by atoms with Gasteiger partial charge in [0.2, 0.25) is 5.91 Å². The van der Waals surface area contributed by atoms with E-state index in [-0.39, 0.29) is 17.7 Å². The van der Waals surface area contributed by atoms with E-state index in [4.69, 9.17) is 0 Å². The lowest BCUT2D eigenvalue weighted by atomic mass is 10.1. The molecular weight excluding hydrogens is 228 g/mol. The molecule has 94 valence electrons. The number of hydrogen-bond acceptors (Lipinski definition) is 2. The maximum atomic E-state index is 12.1. The highest BCUT2D eigenvalue weighted by molar-refractivity contribution is 6.00. The number of rotatable bonds is 2. The highest BCUT2D eigenvalue weighted by atomic mass is 16.2. The van der Waals surface area contributed by atoms with Crippen molar-refractivity contribution in [3.8, 4) is 0 Å². The van der Waals surface area contributed by atoms with E-state index in [1.165, 1.54) is 0 Å². The number of carbonyl (C=O) groups is 2. The highest BCUT2D eigenvalue weighted by Crippen LogP contribution is 2.36. The molecule has 2 amide bonds. The fraction of sp³-hybridized carbons (Fsp3) is 0.429. The lowest BCUT2D eigenvalue weighted by Gasteiger charge is -2.17. The number of carbonyl (C=O) groups excluding carboxylic acids is 2. The van der Waals surface area contributed by atoms with Crippen molar-refractivity contribution in [3.63, 3.8) is 0 Å². The van der Waals surface area contributed by atoms with Crippen molar-refractivity contribution >= 4 is 17.5 Å². The lowest BCUT2D eigenvalue weighted by Crippen LogP contribution is -2.30. The van der Waals surface area contributed by atoms with Gasteiger partial charge in [-0.1, -0.05) is 0 Å². The predicted molar refractivity (Wildman–Crippen MR) is 68.6 cm³/mol. The Morgan fingerprint density at radius 2 is 2.11 bits per heavy atom. The van der Waals surface area contributed by atoms with Gasteiger partial charge in [-0.25, -0.2) is 0 Å². The first-order valence-corrected chi connectivity index (χ1v) is 6.37. The van der Waals surface area contributed by atoms with E-state index in [0.29, 0.717) is 5.56 Å². The number of hydrogen-bond donors (Lipinski definition) is 1. The predicted octanol–water partition coefficient (Wildman–Crippen LogP) is 1.35. The first-order valence-electron chi connectivity index (χ1n) is 6.37. The van der Waals surface area contributed by atoms with Crippen molar-refractivity contribution in [1.82, 2.24) is 5.32 Å². The lowest BCUT2D eigenvalue weighted by molar-refractivity contribution is -0.119. The summed E-state index contributed by atoms with van der Waals surface area (Å²) in [7, 11) is 1.62. The van der Waals surface area contributed by atoms with Crippen LogP contribution in [0, 0.1) is 5.92 Å². The van der Waals surface area contributed by atoms with Crippen LogP contribution in [-0.2, 0) is 11.2 Å². The fourth-order valence-electron chi connectivity index (χ4n) is 2.47. The van der Waals surface area contributed by atoms with Gasteiger partial charge in [0.1, 0.15) is 0 Å². The molecule has 0 atom stereocenters. The van der Waals surface area contributed by atoms with Gasteiger partial charge in [-0.2, -0.15) is 0 Å². The van der Waals surface area contributed by atoms with Crippen LogP contribution in [0.25, 0.3) is 0 Å². The average Bonchev–Trinajstić information content (AvgIpc) is 3.16. The molecule has 0 spiro atoms. The van der Waals surface area contributed by atoms with Crippen LogP contribution < -0.4 is 10.2 Å². The van der Waals surface area contributed by atoms with Crippen molar-refractivity contribution in [2.24, 2.45) is 5.92 Å². The summed E-state index contributed by atoms with van der Waals surface area (Å²) in [5.41, 5.74) is 2.75. The standard InChI is InChI=1S/C14H16N2O2/c1-15-13(17)11-4-5-12-10(8-11)6-7-16(12)14(18)9-2-3-9/h4-5,8-9H,2-3,6-7H2,1H3,(H,15,17). The van der Waals surface area contributed by atoms with E-state index in [9.17, 15) is 9.59 Å². The van der Waals surface area contributed by atoms with Crippen LogP contribution in [0.2, 0.25) is 0 Å². The number of nitrogens with one attached hydrogen (secondary N) is 1. The monoisotopic (exact) mass is 244 g/mol. The Kier molecular flexibility index (Phi) is 2.58. The van der Waals surface area contributed by atoms with Crippen LogP contribution in [0.5, 0.6) is 0 Å². The Bertz CT molecular complexity index is 521. The van der Waals surface area contributed by atoms with Crippen molar-refractivity contribution < 1.29 is 9.59 Å². The number of anilines is 1. The molecular formula is C14H16N2O2. The van der Waals surface area contributed by atoms with Crippen molar-refractivity contribution in [1.29, 1.82) is 0 Å². The molecule has 4 heteroatoms. The smallest absolute Gasteiger partial charge is 0.251 e. The molecule has 3 rings (SSSR count). The topological polar surface area (TPSA) is 49.4 Å². The molecule has 4 nitrogen and oxygen atoms in total. The van der Waals surface area contributed by atoms with E-state index in [1.807, 2.05) is 17.0 Å². The number of benzene rings is 1. The van der Waals surface area contributed by atoms with Gasteiger partial charge in [-0.05, 0) is 43.0 Å². The molecule has 1 N–H and O–H groups in total. The Hall–Kier alpha value is -1.84. The van der Waals surface area contributed by atoms with Crippen LogP contribution in [0.3, 0.4) is 0 Å². The van der Waals surface area contributed by atoms with E-state index < -0.39 is 0 Å². The number of amides is 2. The third-order valence-electron chi connectivity index (χ3n) is 3.66. The third kappa shape index (κ3) is 1.78. The molecule has 2 aliphatic rings. The summed E-state index contributed by atoms with van der Waals surface area (Å²) in [5, 5.41) is 2.62. The Morgan fingerprint density at radius 1 is 1.33 bits per heavy atom. The fourth-order valence-corrected chi connectivity index (χ4v) is 2.47. The number of fused-ring (bicyclic) bond motifs is 1. The van der Waals surface area contributed by atoms with Gasteiger partial charge in [-0.3, -0.25) is 9.59 Å². The summed E-state index contributed by atoms with van der Waals surface area (Å²) in [6.07, 6.45) is 2.90. The van der Waals surface area contributed by atoms with Crippen LogP contribution in [0.15, 0.2) is 18.2 Å². The molecule has 1 saturated carbocycles. The van der Waals surface area contributed by atoms with Gasteiger partial charge in [0.25, 0.3) is 5.91 Å². The number of nitrogens with zero attached hydrogens (tertiary/aromatic N) is 1. The summed E-state index contributed by atoms with van der Waals surface area (Å²) in [6.45, 7) is 0.752. The molecule has 18 heavy (non-hydrogen) atoms. The average molecular weight is 244 g/mol. The summed E-state index contributed by atoms with van der Waals surface area (Å²) in [6, 6.07) is 5.58. The second kappa shape index (κ2) is 4.12. The zero-order valence-corrected chi connectivity index (χ0v) is 10.4. The first kappa shape index (κ1) is 11.3. The normalized spacial score (nSPS) is 17.5.